The van der Waals surface area contributed by atoms with E-state index in [-0.39, 0.29) is 5.41 Å². The lowest BCUT2D eigenvalue weighted by atomic mass is 9.59. The van der Waals surface area contributed by atoms with E-state index in [1.807, 2.05) is 18.2 Å². The van der Waals surface area contributed by atoms with Gasteiger partial charge in [-0.1, -0.05) is 62.9 Å². The predicted octanol–water partition coefficient (Wildman–Crippen LogP) is 3.58. The Morgan fingerprint density at radius 2 is 1.79 bits per heavy atom. The summed E-state index contributed by atoms with van der Waals surface area (Å²) in [5.74, 6) is 0. The van der Waals surface area contributed by atoms with Crippen molar-refractivity contribution >= 4 is 0 Å². The van der Waals surface area contributed by atoms with Gasteiger partial charge in [-0.25, -0.2) is 0 Å². The Bertz CT molecular complexity index is 384. The van der Waals surface area contributed by atoms with E-state index in [0.29, 0.717) is 6.54 Å². The Morgan fingerprint density at radius 3 is 2.32 bits per heavy atom. The average molecular weight is 261 g/mol. The fourth-order valence-corrected chi connectivity index (χ4v) is 3.81. The molecule has 0 spiro atoms. The summed E-state index contributed by atoms with van der Waals surface area (Å²) in [5.41, 5.74) is 6.28. The average Bonchev–Trinajstić information content (AvgIpc) is 2.49. The number of benzene rings is 1. The third-order valence-corrected chi connectivity index (χ3v) is 4.94. The van der Waals surface area contributed by atoms with Gasteiger partial charge in [-0.3, -0.25) is 0 Å². The molecule has 1 aromatic rings. The second-order valence-corrected chi connectivity index (χ2v) is 6.02. The Labute approximate surface area is 117 Å². The number of hydrogen-bond acceptors (Lipinski definition) is 2. The van der Waals surface area contributed by atoms with Crippen LogP contribution in [0.5, 0.6) is 0 Å². The number of nitrogens with two attached hydrogens (primary N) is 1. The third-order valence-electron chi connectivity index (χ3n) is 4.94. The zero-order valence-electron chi connectivity index (χ0n) is 12.1. The van der Waals surface area contributed by atoms with Crippen molar-refractivity contribution in [3.8, 4) is 0 Å². The largest absolute Gasteiger partial charge is 0.385 e. The molecule has 1 aromatic carbocycles. The molecule has 106 valence electrons. The third kappa shape index (κ3) is 2.56. The predicted molar refractivity (Wildman–Crippen MR) is 79.8 cm³/mol. The highest BCUT2D eigenvalue weighted by Crippen LogP contribution is 2.51. The maximum atomic E-state index is 11.5. The lowest BCUT2D eigenvalue weighted by Crippen LogP contribution is -2.51. The number of hydrogen-bond donors (Lipinski definition) is 2. The van der Waals surface area contributed by atoms with Crippen molar-refractivity contribution in [2.75, 3.05) is 6.54 Å². The smallest absolute Gasteiger partial charge is 0.0964 e. The van der Waals surface area contributed by atoms with Crippen molar-refractivity contribution in [3.63, 3.8) is 0 Å². The van der Waals surface area contributed by atoms with Crippen LogP contribution in [-0.4, -0.2) is 11.7 Å². The van der Waals surface area contributed by atoms with Gasteiger partial charge in [0.2, 0.25) is 0 Å². The summed E-state index contributed by atoms with van der Waals surface area (Å²) in [6, 6.07) is 10.2. The number of rotatable bonds is 5. The topological polar surface area (TPSA) is 46.2 Å². The van der Waals surface area contributed by atoms with Gasteiger partial charge in [0.1, 0.15) is 0 Å². The lowest BCUT2D eigenvalue weighted by Gasteiger charge is -2.49. The molecule has 19 heavy (non-hydrogen) atoms. The highest BCUT2D eigenvalue weighted by molar-refractivity contribution is 5.26. The molecule has 2 rings (SSSR count). The molecule has 0 saturated heterocycles. The van der Waals surface area contributed by atoms with Crippen molar-refractivity contribution < 1.29 is 5.11 Å². The molecule has 1 aliphatic rings. The van der Waals surface area contributed by atoms with Crippen LogP contribution >= 0.6 is 0 Å². The summed E-state index contributed by atoms with van der Waals surface area (Å²) in [4.78, 5) is 0. The second-order valence-electron chi connectivity index (χ2n) is 6.02. The summed E-state index contributed by atoms with van der Waals surface area (Å²) >= 11 is 0. The normalized spacial score (nSPS) is 21.8. The molecule has 1 unspecified atom stereocenters. The van der Waals surface area contributed by atoms with Crippen LogP contribution < -0.4 is 5.73 Å². The van der Waals surface area contributed by atoms with E-state index >= 15 is 0 Å². The molecule has 0 radical (unpaired) electrons. The van der Waals surface area contributed by atoms with Crippen molar-refractivity contribution in [1.82, 2.24) is 0 Å². The van der Waals surface area contributed by atoms with Crippen LogP contribution in [0.2, 0.25) is 0 Å². The number of aliphatic hydroxyl groups is 1. The minimum atomic E-state index is -0.766. The second kappa shape index (κ2) is 6.06. The summed E-state index contributed by atoms with van der Waals surface area (Å²) < 4.78 is 0. The Kier molecular flexibility index (Phi) is 4.64. The van der Waals surface area contributed by atoms with Crippen LogP contribution in [0.3, 0.4) is 0 Å². The molecule has 0 bridgehead atoms. The monoisotopic (exact) mass is 261 g/mol. The van der Waals surface area contributed by atoms with Crippen LogP contribution in [0, 0.1) is 5.41 Å². The van der Waals surface area contributed by atoms with E-state index in [2.05, 4.69) is 19.1 Å². The van der Waals surface area contributed by atoms with Gasteiger partial charge in [0, 0.05) is 12.0 Å². The van der Waals surface area contributed by atoms with Crippen molar-refractivity contribution in [1.29, 1.82) is 0 Å². The fourth-order valence-electron chi connectivity index (χ4n) is 3.81. The van der Waals surface area contributed by atoms with Gasteiger partial charge < -0.3 is 10.8 Å². The first-order valence-electron chi connectivity index (χ1n) is 7.66. The van der Waals surface area contributed by atoms with Crippen molar-refractivity contribution in [2.45, 2.75) is 57.5 Å². The van der Waals surface area contributed by atoms with Crippen molar-refractivity contribution in [3.05, 3.63) is 35.9 Å². The minimum absolute atomic E-state index is 0.136. The van der Waals surface area contributed by atoms with Crippen LogP contribution in [0.4, 0.5) is 0 Å². The SMILES string of the molecule is CCCC(O)(c1ccccc1)C1(CN)CCCCC1. The van der Waals surface area contributed by atoms with Crippen molar-refractivity contribution in [2.24, 2.45) is 11.1 Å². The Balaban J connectivity index is 2.42. The summed E-state index contributed by atoms with van der Waals surface area (Å²) in [5, 5.41) is 11.5. The minimum Gasteiger partial charge on any atom is -0.385 e. The molecule has 0 amide bonds. The standard InChI is InChI=1S/C17H27NO/c1-2-11-17(19,15-9-5-3-6-10-15)16(14-18)12-7-4-8-13-16/h3,5-6,9-10,19H,2,4,7-8,11-14,18H2,1H3. The van der Waals surface area contributed by atoms with Gasteiger partial charge in [0.15, 0.2) is 0 Å². The van der Waals surface area contributed by atoms with E-state index < -0.39 is 5.60 Å². The van der Waals surface area contributed by atoms with E-state index in [1.54, 1.807) is 0 Å². The molecule has 0 heterocycles. The maximum absolute atomic E-state index is 11.5. The fraction of sp³-hybridized carbons (Fsp3) is 0.647. The van der Waals surface area contributed by atoms with Gasteiger partial charge in [-0.05, 0) is 24.8 Å². The molecule has 1 aliphatic carbocycles. The van der Waals surface area contributed by atoms with E-state index in [0.717, 1.165) is 31.2 Å². The van der Waals surface area contributed by atoms with Crippen LogP contribution in [0.25, 0.3) is 0 Å². The van der Waals surface area contributed by atoms with E-state index in [1.165, 1.54) is 19.3 Å². The Morgan fingerprint density at radius 1 is 1.16 bits per heavy atom. The van der Waals surface area contributed by atoms with Gasteiger partial charge in [-0.2, -0.15) is 0 Å². The van der Waals surface area contributed by atoms with Gasteiger partial charge in [0.25, 0.3) is 0 Å². The van der Waals surface area contributed by atoms with Gasteiger partial charge in [-0.15, -0.1) is 0 Å². The molecule has 1 atom stereocenters. The van der Waals surface area contributed by atoms with Crippen LogP contribution in [0.1, 0.15) is 57.4 Å². The molecule has 2 nitrogen and oxygen atoms in total. The molecule has 1 saturated carbocycles. The molecule has 0 aliphatic heterocycles. The highest BCUT2D eigenvalue weighted by atomic mass is 16.3. The zero-order valence-corrected chi connectivity index (χ0v) is 12.1. The maximum Gasteiger partial charge on any atom is 0.0964 e. The molecule has 1 fully saturated rings. The molecule has 2 heteroatoms. The van der Waals surface area contributed by atoms with Crippen LogP contribution in [-0.2, 0) is 5.60 Å². The summed E-state index contributed by atoms with van der Waals surface area (Å²) in [6.07, 6.45) is 7.54. The van der Waals surface area contributed by atoms with E-state index in [4.69, 9.17) is 5.73 Å². The quantitative estimate of drug-likeness (QED) is 0.851. The molecular weight excluding hydrogens is 234 g/mol. The zero-order chi connectivity index (χ0) is 13.8. The summed E-state index contributed by atoms with van der Waals surface area (Å²) in [6.45, 7) is 2.72. The lowest BCUT2D eigenvalue weighted by molar-refractivity contribution is -0.113. The highest BCUT2D eigenvalue weighted by Gasteiger charge is 2.49. The first-order valence-corrected chi connectivity index (χ1v) is 7.66. The molecule has 0 aromatic heterocycles. The van der Waals surface area contributed by atoms with Crippen LogP contribution in [0.15, 0.2) is 30.3 Å². The Hall–Kier alpha value is -0.860. The molecule has 3 N–H and O–H groups in total. The molecular formula is C17H27NO. The van der Waals surface area contributed by atoms with Gasteiger partial charge >= 0.3 is 0 Å². The summed E-state index contributed by atoms with van der Waals surface area (Å²) in [7, 11) is 0. The first-order chi connectivity index (χ1) is 9.18. The first kappa shape index (κ1) is 14.5. The van der Waals surface area contributed by atoms with Gasteiger partial charge in [0.05, 0.1) is 5.60 Å². The van der Waals surface area contributed by atoms with E-state index in [9.17, 15) is 5.11 Å².